The van der Waals surface area contributed by atoms with Gasteiger partial charge in [0.15, 0.2) is 0 Å². The minimum absolute atomic E-state index is 0.990. The normalized spacial score (nSPS) is 10.9. The first-order valence-electron chi connectivity index (χ1n) is 6.03. The van der Waals surface area contributed by atoms with Gasteiger partial charge in [0.1, 0.15) is 5.65 Å². The van der Waals surface area contributed by atoms with Crippen molar-refractivity contribution < 1.29 is 0 Å². The maximum atomic E-state index is 4.34. The third kappa shape index (κ3) is 2.02. The van der Waals surface area contributed by atoms with E-state index < -0.39 is 0 Å². The summed E-state index contributed by atoms with van der Waals surface area (Å²) in [6.45, 7) is 2.18. The fraction of sp³-hybridized carbons (Fsp3) is 0.133. The van der Waals surface area contributed by atoms with Crippen LogP contribution in [0.15, 0.2) is 59.9 Å². The van der Waals surface area contributed by atoms with E-state index in [0.29, 0.717) is 0 Å². The van der Waals surface area contributed by atoms with Crippen LogP contribution >= 0.6 is 11.8 Å². The van der Waals surface area contributed by atoms with E-state index in [1.807, 2.05) is 28.6 Å². The quantitative estimate of drug-likeness (QED) is 0.654. The number of thioether (sulfide) groups is 1. The van der Waals surface area contributed by atoms with E-state index in [4.69, 9.17) is 0 Å². The van der Waals surface area contributed by atoms with Gasteiger partial charge in [0.05, 0.1) is 0 Å². The molecule has 0 N–H and O–H groups in total. The van der Waals surface area contributed by atoms with Crippen molar-refractivity contribution in [2.45, 2.75) is 11.8 Å². The lowest BCUT2D eigenvalue weighted by atomic mass is 10.1. The van der Waals surface area contributed by atoms with Crippen molar-refractivity contribution in [3.05, 3.63) is 55.0 Å². The van der Waals surface area contributed by atoms with Crippen molar-refractivity contribution in [2.75, 3.05) is 5.75 Å². The number of fused-ring (bicyclic) bond motifs is 1. The zero-order valence-corrected chi connectivity index (χ0v) is 11.0. The van der Waals surface area contributed by atoms with Crippen molar-refractivity contribution in [1.29, 1.82) is 0 Å². The number of aromatic nitrogens is 2. The topological polar surface area (TPSA) is 17.3 Å². The van der Waals surface area contributed by atoms with Crippen LogP contribution in [0.3, 0.4) is 0 Å². The van der Waals surface area contributed by atoms with E-state index in [0.717, 1.165) is 11.4 Å². The molecule has 2 heterocycles. The molecule has 0 aliphatic rings. The number of pyridine rings is 1. The number of benzene rings is 1. The molecule has 3 rings (SSSR count). The smallest absolute Gasteiger partial charge is 0.137 e. The van der Waals surface area contributed by atoms with E-state index in [9.17, 15) is 0 Å². The molecule has 0 saturated heterocycles. The van der Waals surface area contributed by atoms with Gasteiger partial charge >= 0.3 is 0 Å². The molecular weight excluding hydrogens is 240 g/mol. The van der Waals surface area contributed by atoms with Gasteiger partial charge in [0.2, 0.25) is 0 Å². The van der Waals surface area contributed by atoms with Crippen LogP contribution < -0.4 is 0 Å². The third-order valence-corrected chi connectivity index (χ3v) is 3.85. The average Bonchev–Trinajstić information content (AvgIpc) is 2.87. The lowest BCUT2D eigenvalue weighted by molar-refractivity contribution is 1.19. The number of hydrogen-bond acceptors (Lipinski definition) is 2. The van der Waals surface area contributed by atoms with Crippen LogP contribution in [0.25, 0.3) is 16.8 Å². The van der Waals surface area contributed by atoms with Gasteiger partial charge in [-0.25, -0.2) is 4.98 Å². The highest BCUT2D eigenvalue weighted by Gasteiger charge is 2.05. The fourth-order valence-electron chi connectivity index (χ4n) is 2.06. The first-order chi connectivity index (χ1) is 8.88. The molecule has 3 aromatic rings. The van der Waals surface area contributed by atoms with E-state index >= 15 is 0 Å². The molecule has 18 heavy (non-hydrogen) atoms. The molecule has 90 valence electrons. The second-order valence-electron chi connectivity index (χ2n) is 4.04. The summed E-state index contributed by atoms with van der Waals surface area (Å²) in [7, 11) is 0. The Morgan fingerprint density at radius 3 is 2.94 bits per heavy atom. The maximum Gasteiger partial charge on any atom is 0.137 e. The Bertz CT molecular complexity index is 673. The first kappa shape index (κ1) is 11.4. The molecule has 0 unspecified atom stereocenters. The summed E-state index contributed by atoms with van der Waals surface area (Å²) in [4.78, 5) is 5.67. The van der Waals surface area contributed by atoms with Crippen molar-refractivity contribution >= 4 is 17.4 Å². The molecule has 0 aliphatic heterocycles. The molecule has 0 atom stereocenters. The maximum absolute atomic E-state index is 4.34. The molecule has 0 radical (unpaired) electrons. The van der Waals surface area contributed by atoms with Crippen molar-refractivity contribution in [3.63, 3.8) is 0 Å². The Kier molecular flexibility index (Phi) is 3.07. The van der Waals surface area contributed by atoms with Gasteiger partial charge in [-0.05, 0) is 35.1 Å². The standard InChI is InChI=1S/C15H14N2S/c1-2-18-14-6-4-3-5-13(14)12-7-9-17-10-8-16-15(17)11-12/h3-11H,2H2,1H3. The Labute approximate surface area is 111 Å². The highest BCUT2D eigenvalue weighted by atomic mass is 32.2. The van der Waals surface area contributed by atoms with Gasteiger partial charge in [0, 0.05) is 23.5 Å². The zero-order valence-electron chi connectivity index (χ0n) is 10.2. The number of hydrogen-bond donors (Lipinski definition) is 0. The van der Waals surface area contributed by atoms with Crippen LogP contribution in [0.4, 0.5) is 0 Å². The van der Waals surface area contributed by atoms with Gasteiger partial charge in [-0.1, -0.05) is 25.1 Å². The van der Waals surface area contributed by atoms with Crippen molar-refractivity contribution in [2.24, 2.45) is 0 Å². The van der Waals surface area contributed by atoms with Gasteiger partial charge in [-0.15, -0.1) is 11.8 Å². The van der Waals surface area contributed by atoms with Gasteiger partial charge in [-0.3, -0.25) is 0 Å². The molecule has 0 amide bonds. The van der Waals surface area contributed by atoms with Gasteiger partial charge < -0.3 is 4.40 Å². The summed E-state index contributed by atoms with van der Waals surface area (Å²) in [5, 5.41) is 0. The van der Waals surface area contributed by atoms with Crippen LogP contribution in [-0.4, -0.2) is 15.1 Å². The number of nitrogens with zero attached hydrogens (tertiary/aromatic N) is 2. The molecule has 0 fully saturated rings. The second kappa shape index (κ2) is 4.86. The Morgan fingerprint density at radius 1 is 1.17 bits per heavy atom. The predicted molar refractivity (Wildman–Crippen MR) is 77.0 cm³/mol. The molecule has 0 aliphatic carbocycles. The largest absolute Gasteiger partial charge is 0.307 e. The summed E-state index contributed by atoms with van der Waals surface area (Å²) in [5.41, 5.74) is 3.50. The van der Waals surface area contributed by atoms with Gasteiger partial charge in [-0.2, -0.15) is 0 Å². The second-order valence-corrected chi connectivity index (χ2v) is 5.34. The average molecular weight is 254 g/mol. The monoisotopic (exact) mass is 254 g/mol. The van der Waals surface area contributed by atoms with Crippen LogP contribution in [0.1, 0.15) is 6.92 Å². The SMILES string of the molecule is CCSc1ccccc1-c1ccn2ccnc2c1. The Hall–Kier alpha value is -1.74. The van der Waals surface area contributed by atoms with Crippen molar-refractivity contribution in [3.8, 4) is 11.1 Å². The summed E-state index contributed by atoms with van der Waals surface area (Å²) >= 11 is 1.88. The third-order valence-electron chi connectivity index (χ3n) is 2.90. The van der Waals surface area contributed by atoms with E-state index in [2.05, 4.69) is 54.5 Å². The molecule has 1 aromatic carbocycles. The molecule has 3 heteroatoms. The molecule has 0 spiro atoms. The lowest BCUT2D eigenvalue weighted by Crippen LogP contribution is -1.87. The summed E-state index contributed by atoms with van der Waals surface area (Å²) in [5.74, 6) is 1.09. The molecule has 2 nitrogen and oxygen atoms in total. The minimum Gasteiger partial charge on any atom is -0.307 e. The van der Waals surface area contributed by atoms with Crippen LogP contribution in [0.5, 0.6) is 0 Å². The van der Waals surface area contributed by atoms with Crippen molar-refractivity contribution in [1.82, 2.24) is 9.38 Å². The van der Waals surface area contributed by atoms with Crippen LogP contribution in [-0.2, 0) is 0 Å². The first-order valence-corrected chi connectivity index (χ1v) is 7.02. The lowest BCUT2D eigenvalue weighted by Gasteiger charge is -2.08. The molecule has 0 saturated carbocycles. The summed E-state index contributed by atoms with van der Waals surface area (Å²) in [6.07, 6.45) is 5.85. The van der Waals surface area contributed by atoms with Crippen LogP contribution in [0, 0.1) is 0 Å². The highest BCUT2D eigenvalue weighted by molar-refractivity contribution is 7.99. The highest BCUT2D eigenvalue weighted by Crippen LogP contribution is 2.31. The van der Waals surface area contributed by atoms with E-state index in [1.54, 1.807) is 0 Å². The van der Waals surface area contributed by atoms with Gasteiger partial charge in [0.25, 0.3) is 0 Å². The zero-order chi connectivity index (χ0) is 12.4. The molecule has 0 bridgehead atoms. The van der Waals surface area contributed by atoms with E-state index in [1.165, 1.54) is 16.0 Å². The predicted octanol–water partition coefficient (Wildman–Crippen LogP) is 4.11. The molecular formula is C15H14N2S. The van der Waals surface area contributed by atoms with E-state index in [-0.39, 0.29) is 0 Å². The summed E-state index contributed by atoms with van der Waals surface area (Å²) in [6, 6.07) is 12.8. The molecule has 2 aromatic heterocycles. The summed E-state index contributed by atoms with van der Waals surface area (Å²) < 4.78 is 2.03. The fourth-order valence-corrected chi connectivity index (χ4v) is 2.89. The minimum atomic E-state index is 0.990. The number of rotatable bonds is 3. The Balaban J connectivity index is 2.12. The Morgan fingerprint density at radius 2 is 2.06 bits per heavy atom. The van der Waals surface area contributed by atoms with Crippen LogP contribution in [0.2, 0.25) is 0 Å². The number of imidazole rings is 1.